The van der Waals surface area contributed by atoms with Crippen LogP contribution in [0.15, 0.2) is 36.0 Å². The van der Waals surface area contributed by atoms with Gasteiger partial charge in [0, 0.05) is 35.4 Å². The summed E-state index contributed by atoms with van der Waals surface area (Å²) < 4.78 is 0. The Morgan fingerprint density at radius 2 is 1.81 bits per heavy atom. The minimum atomic E-state index is 0.0533. The highest BCUT2D eigenvalue weighted by molar-refractivity contribution is 6.08. The number of hydrogen-bond acceptors (Lipinski definition) is 6. The first kappa shape index (κ1) is 22.7. The molecule has 1 aromatic heterocycles. The van der Waals surface area contributed by atoms with Gasteiger partial charge in [-0.25, -0.2) is 0 Å². The minimum Gasteiger partial charge on any atom is -0.507 e. The third-order valence-corrected chi connectivity index (χ3v) is 5.90. The Morgan fingerprint density at radius 3 is 2.29 bits per heavy atom. The fourth-order valence-electron chi connectivity index (χ4n) is 4.76. The van der Waals surface area contributed by atoms with Crippen molar-refractivity contribution in [2.45, 2.75) is 64.6 Å². The number of hydrogen-bond donors (Lipinski definition) is 4. The fraction of sp³-hybridized carbons (Fsp3) is 0.458. The molecule has 7 nitrogen and oxygen atoms in total. The van der Waals surface area contributed by atoms with Crippen LogP contribution in [0.1, 0.15) is 53.0 Å². The van der Waals surface area contributed by atoms with Crippen molar-refractivity contribution in [1.29, 1.82) is 0 Å². The zero-order valence-electron chi connectivity index (χ0n) is 19.4. The lowest BCUT2D eigenvalue weighted by Gasteiger charge is -2.49. The van der Waals surface area contributed by atoms with Gasteiger partial charge in [0.2, 0.25) is 0 Å². The molecule has 0 atom stereocenters. The van der Waals surface area contributed by atoms with Gasteiger partial charge < -0.3 is 21.1 Å². The molecular formula is C24H35N6O+. The Bertz CT molecular complexity index is 974. The Morgan fingerprint density at radius 1 is 1.16 bits per heavy atom. The summed E-state index contributed by atoms with van der Waals surface area (Å²) in [6.45, 7) is 10.7. The number of piperidine rings is 1. The van der Waals surface area contributed by atoms with E-state index in [0.29, 0.717) is 28.6 Å². The average molecular weight is 424 g/mol. The van der Waals surface area contributed by atoms with E-state index >= 15 is 0 Å². The molecular weight excluding hydrogens is 388 g/mol. The molecule has 31 heavy (non-hydrogen) atoms. The van der Waals surface area contributed by atoms with Crippen molar-refractivity contribution in [2.75, 3.05) is 11.9 Å². The molecule has 1 aliphatic rings. The molecule has 6 N–H and O–H groups in total. The normalized spacial score (nSPS) is 18.9. The maximum Gasteiger partial charge on any atom is 0.169 e. The number of anilines is 1. The molecule has 0 bridgehead atoms. The number of nitrogens with one attached hydrogen (secondary N) is 1. The van der Waals surface area contributed by atoms with E-state index in [-0.39, 0.29) is 16.8 Å². The second-order valence-corrected chi connectivity index (χ2v) is 9.84. The zero-order chi connectivity index (χ0) is 23.0. The van der Waals surface area contributed by atoms with Crippen LogP contribution in [0.2, 0.25) is 0 Å². The maximum absolute atomic E-state index is 10.6. The first-order chi connectivity index (χ1) is 14.4. The van der Waals surface area contributed by atoms with Crippen molar-refractivity contribution in [3.05, 3.63) is 41.6 Å². The van der Waals surface area contributed by atoms with Crippen LogP contribution in [-0.2, 0) is 0 Å². The van der Waals surface area contributed by atoms with Gasteiger partial charge in [-0.1, -0.05) is 6.07 Å². The minimum absolute atomic E-state index is 0.0533. The standard InChI is InChI=1S/C24H34N6O/c1-15(26)19(14-25)16-7-8-18(21(31)11-16)20-9-10-22(28-27-20)30(6)17-12-23(2,3)29-24(4,5)13-17/h7-11,14,17,25,29,31H,12-13,26H2,1-6H3/p+1. The summed E-state index contributed by atoms with van der Waals surface area (Å²) in [6.07, 6.45) is 3.48. The highest BCUT2D eigenvalue weighted by atomic mass is 16.3. The van der Waals surface area contributed by atoms with Crippen LogP contribution in [0, 0.1) is 0 Å². The Kier molecular flexibility index (Phi) is 6.09. The van der Waals surface area contributed by atoms with Gasteiger partial charge >= 0.3 is 0 Å². The van der Waals surface area contributed by atoms with Gasteiger partial charge in [0.1, 0.15) is 5.75 Å². The molecule has 0 unspecified atom stereocenters. The van der Waals surface area contributed by atoms with Crippen LogP contribution in [0.25, 0.3) is 16.8 Å². The first-order valence-electron chi connectivity index (χ1n) is 10.6. The number of rotatable bonds is 5. The number of aromatic hydroxyl groups is 1. The van der Waals surface area contributed by atoms with E-state index in [1.165, 1.54) is 6.21 Å². The summed E-state index contributed by atoms with van der Waals surface area (Å²) in [5.41, 5.74) is 9.24. The number of phenolic OH excluding ortho intramolecular Hbond substituents is 1. The molecule has 3 rings (SSSR count). The Hall–Kier alpha value is -2.93. The fourth-order valence-corrected chi connectivity index (χ4v) is 4.76. The molecule has 0 radical (unpaired) electrons. The maximum atomic E-state index is 10.6. The van der Waals surface area contributed by atoms with Gasteiger partial charge in [-0.05, 0) is 77.3 Å². The van der Waals surface area contributed by atoms with E-state index in [1.807, 2.05) is 24.3 Å². The summed E-state index contributed by atoms with van der Waals surface area (Å²) in [5, 5.41) is 28.8. The highest BCUT2D eigenvalue weighted by Crippen LogP contribution is 2.34. The number of aromatic nitrogens is 2. The molecule has 1 aliphatic heterocycles. The zero-order valence-corrected chi connectivity index (χ0v) is 19.4. The highest BCUT2D eigenvalue weighted by Gasteiger charge is 2.39. The summed E-state index contributed by atoms with van der Waals surface area (Å²) in [5.74, 6) is 0.926. The second-order valence-electron chi connectivity index (χ2n) is 9.84. The van der Waals surface area contributed by atoms with E-state index < -0.39 is 0 Å². The van der Waals surface area contributed by atoms with Gasteiger partial charge in [-0.3, -0.25) is 5.41 Å². The van der Waals surface area contributed by atoms with Crippen molar-refractivity contribution >= 4 is 17.6 Å². The molecule has 7 heteroatoms. The molecule has 2 heterocycles. The number of nitrogens with two attached hydrogens (primary N) is 2. The molecule has 166 valence electrons. The summed E-state index contributed by atoms with van der Waals surface area (Å²) in [6, 6.07) is 9.53. The largest absolute Gasteiger partial charge is 0.507 e. The third kappa shape index (κ3) is 5.05. The monoisotopic (exact) mass is 423 g/mol. The lowest BCUT2D eigenvalue weighted by atomic mass is 9.79. The molecule has 1 aromatic carbocycles. The topological polar surface area (TPSA) is 113 Å². The summed E-state index contributed by atoms with van der Waals surface area (Å²) >= 11 is 0. The van der Waals surface area contributed by atoms with Crippen molar-refractivity contribution < 1.29 is 10.5 Å². The van der Waals surface area contributed by atoms with Crippen molar-refractivity contribution in [2.24, 2.45) is 5.73 Å². The molecule has 1 saturated heterocycles. The van der Waals surface area contributed by atoms with Gasteiger partial charge in [0.05, 0.1) is 11.3 Å². The second kappa shape index (κ2) is 8.30. The van der Waals surface area contributed by atoms with Crippen LogP contribution in [0.5, 0.6) is 5.75 Å². The average Bonchev–Trinajstić information content (AvgIpc) is 2.65. The number of allylic oxidation sites excluding steroid dienone is 2. The quantitative estimate of drug-likeness (QED) is 0.548. The van der Waals surface area contributed by atoms with E-state index in [2.05, 4.69) is 55.2 Å². The number of phenols is 1. The van der Waals surface area contributed by atoms with Gasteiger partial charge in [-0.2, -0.15) is 0 Å². The molecule has 0 saturated carbocycles. The smallest absolute Gasteiger partial charge is 0.169 e. The van der Waals surface area contributed by atoms with Crippen molar-refractivity contribution in [3.63, 3.8) is 0 Å². The van der Waals surface area contributed by atoms with Crippen molar-refractivity contribution in [1.82, 2.24) is 15.5 Å². The van der Waals surface area contributed by atoms with Crippen LogP contribution < -0.4 is 21.4 Å². The van der Waals surface area contributed by atoms with E-state index in [4.69, 9.17) is 11.1 Å². The van der Waals surface area contributed by atoms with E-state index in [1.54, 1.807) is 13.0 Å². The predicted octanol–water partition coefficient (Wildman–Crippen LogP) is 2.11. The number of nitrogens with zero attached hydrogens (tertiary/aromatic N) is 3. The van der Waals surface area contributed by atoms with Crippen molar-refractivity contribution in [3.8, 4) is 17.0 Å². The van der Waals surface area contributed by atoms with Crippen LogP contribution in [-0.4, -0.2) is 45.7 Å². The Labute approximate surface area is 184 Å². The molecule has 0 spiro atoms. The van der Waals surface area contributed by atoms with Crippen LogP contribution in [0.3, 0.4) is 0 Å². The molecule has 2 aromatic rings. The molecule has 0 aliphatic carbocycles. The van der Waals surface area contributed by atoms with Crippen LogP contribution >= 0.6 is 0 Å². The Balaban J connectivity index is 1.83. The SMILES string of the molecule is CC(N)=C(C=[NH2+])c1ccc(-c2ccc(N(C)C3CC(C)(C)NC(C)(C)C3)nn2)c(O)c1. The molecule has 1 fully saturated rings. The van der Waals surface area contributed by atoms with E-state index in [0.717, 1.165) is 24.2 Å². The van der Waals surface area contributed by atoms with Crippen LogP contribution in [0.4, 0.5) is 5.82 Å². The lowest BCUT2D eigenvalue weighted by molar-refractivity contribution is -0.103. The molecule has 0 amide bonds. The van der Waals surface area contributed by atoms with Gasteiger partial charge in [-0.15, -0.1) is 10.2 Å². The lowest BCUT2D eigenvalue weighted by Crippen LogP contribution is -2.62. The van der Waals surface area contributed by atoms with Gasteiger partial charge in [0.15, 0.2) is 12.0 Å². The van der Waals surface area contributed by atoms with Gasteiger partial charge in [0.25, 0.3) is 0 Å². The van der Waals surface area contributed by atoms with E-state index in [9.17, 15) is 5.11 Å². The summed E-state index contributed by atoms with van der Waals surface area (Å²) in [7, 11) is 2.07. The third-order valence-electron chi connectivity index (χ3n) is 5.90. The first-order valence-corrected chi connectivity index (χ1v) is 10.6. The number of benzene rings is 1. The predicted molar refractivity (Wildman–Crippen MR) is 127 cm³/mol. The summed E-state index contributed by atoms with van der Waals surface area (Å²) in [4.78, 5) is 2.21.